The van der Waals surface area contributed by atoms with Crippen molar-refractivity contribution in [3.63, 3.8) is 0 Å². The molecule has 0 aliphatic carbocycles. The second-order valence-corrected chi connectivity index (χ2v) is 10.7. The predicted molar refractivity (Wildman–Crippen MR) is 151 cm³/mol. The van der Waals surface area contributed by atoms with Crippen LogP contribution in [0.2, 0.25) is 10.0 Å². The zero-order valence-corrected chi connectivity index (χ0v) is 23.1. The molecular weight excluding hydrogens is 565 g/mol. The molecule has 12 heteroatoms. The van der Waals surface area contributed by atoms with Crippen molar-refractivity contribution in [2.45, 2.75) is 11.5 Å². The van der Waals surface area contributed by atoms with E-state index in [4.69, 9.17) is 23.2 Å². The van der Waals surface area contributed by atoms with Crippen LogP contribution in [0.5, 0.6) is 0 Å². The second-order valence-electron chi connectivity index (χ2n) is 9.86. The van der Waals surface area contributed by atoms with E-state index in [0.717, 1.165) is 4.90 Å². The highest BCUT2D eigenvalue weighted by atomic mass is 35.5. The van der Waals surface area contributed by atoms with Crippen LogP contribution in [0, 0.1) is 11.3 Å². The quantitative estimate of drug-likeness (QED) is 0.325. The van der Waals surface area contributed by atoms with E-state index in [2.05, 4.69) is 16.2 Å². The molecule has 10 nitrogen and oxygen atoms in total. The summed E-state index contributed by atoms with van der Waals surface area (Å²) >= 11 is 12.4. The molecule has 2 fully saturated rings. The number of pyridine rings is 1. The van der Waals surface area contributed by atoms with Crippen LogP contribution in [0.1, 0.15) is 27.4 Å². The van der Waals surface area contributed by atoms with E-state index in [0.29, 0.717) is 22.5 Å². The molecule has 41 heavy (non-hydrogen) atoms. The van der Waals surface area contributed by atoms with Crippen LogP contribution in [0.4, 0.5) is 10.5 Å². The van der Waals surface area contributed by atoms with E-state index in [9.17, 15) is 19.6 Å². The van der Waals surface area contributed by atoms with Crippen molar-refractivity contribution in [1.29, 1.82) is 5.26 Å². The fourth-order valence-corrected chi connectivity index (χ4v) is 6.11. The van der Waals surface area contributed by atoms with E-state index in [1.807, 2.05) is 0 Å². The zero-order valence-electron chi connectivity index (χ0n) is 21.6. The highest BCUT2D eigenvalue weighted by Gasteiger charge is 2.65. The molecule has 0 bridgehead atoms. The summed E-state index contributed by atoms with van der Waals surface area (Å²) in [6, 6.07) is 18.0. The number of imide groups is 1. The summed E-state index contributed by atoms with van der Waals surface area (Å²) < 4.78 is 1.58. The highest BCUT2D eigenvalue weighted by molar-refractivity contribution is 6.36. The molecule has 1 spiro atoms. The van der Waals surface area contributed by atoms with Gasteiger partial charge in [-0.3, -0.25) is 9.59 Å². The smallest absolute Gasteiger partial charge is 0.332 e. The minimum Gasteiger partial charge on any atom is -0.335 e. The van der Waals surface area contributed by atoms with Gasteiger partial charge in [-0.15, -0.1) is 0 Å². The van der Waals surface area contributed by atoms with Crippen molar-refractivity contribution in [3.05, 3.63) is 106 Å². The first-order valence-corrected chi connectivity index (χ1v) is 13.3. The number of aromatic nitrogens is 3. The molecule has 0 N–H and O–H groups in total. The molecule has 6 rings (SSSR count). The molecule has 204 valence electrons. The number of halogens is 2. The van der Waals surface area contributed by atoms with E-state index in [1.165, 1.54) is 29.3 Å². The van der Waals surface area contributed by atoms with Crippen LogP contribution in [0.25, 0.3) is 5.82 Å². The maximum atomic E-state index is 14.3. The Morgan fingerprint density at radius 2 is 1.80 bits per heavy atom. The Hall–Kier alpha value is -4.72. The van der Waals surface area contributed by atoms with Crippen LogP contribution in [0.15, 0.2) is 79.3 Å². The molecule has 2 aliphatic rings. The number of carbonyl (C=O) groups excluding carboxylic acids is 3. The summed E-state index contributed by atoms with van der Waals surface area (Å²) in [5, 5.41) is 14.0. The summed E-state index contributed by atoms with van der Waals surface area (Å²) in [4.78, 5) is 50.1. The number of amides is 4. The van der Waals surface area contributed by atoms with E-state index < -0.39 is 23.4 Å². The lowest BCUT2D eigenvalue weighted by Gasteiger charge is -2.33. The normalized spacial score (nSPS) is 20.2. The first-order valence-electron chi connectivity index (χ1n) is 12.6. The second kappa shape index (κ2) is 10.0. The maximum Gasteiger partial charge on any atom is 0.332 e. The fourth-order valence-electron chi connectivity index (χ4n) is 5.60. The number of rotatable bonds is 4. The van der Waals surface area contributed by atoms with Gasteiger partial charge in [-0.25, -0.2) is 19.4 Å². The first kappa shape index (κ1) is 26.5. The molecule has 2 atom stereocenters. The Balaban J connectivity index is 1.40. The van der Waals surface area contributed by atoms with Gasteiger partial charge < -0.3 is 9.80 Å². The van der Waals surface area contributed by atoms with Gasteiger partial charge in [-0.05, 0) is 54.1 Å². The number of benzene rings is 2. The third-order valence-electron chi connectivity index (χ3n) is 7.63. The van der Waals surface area contributed by atoms with Crippen molar-refractivity contribution >= 4 is 46.7 Å². The number of anilines is 1. The average molecular weight is 586 g/mol. The van der Waals surface area contributed by atoms with Crippen molar-refractivity contribution in [2.75, 3.05) is 25.0 Å². The lowest BCUT2D eigenvalue weighted by atomic mass is 9.80. The molecule has 2 aromatic carbocycles. The molecule has 2 aliphatic heterocycles. The lowest BCUT2D eigenvalue weighted by molar-refractivity contribution is -0.124. The van der Waals surface area contributed by atoms with E-state index in [-0.39, 0.29) is 34.7 Å². The standard InChI is InChI=1S/C29H21Cl2N7O3/c1-35-28(41)38(23-12-21(30)11-22(31)13-23)27(40)29(35)17-36(16-24(29)19-5-3-18(14-32)4-6-19)26(39)20-7-8-25(33-15-20)37-10-2-9-34-37/h2-13,15,24H,16-17H2,1H3. The Kier molecular flexibility index (Phi) is 6.49. The van der Waals surface area contributed by atoms with Gasteiger partial charge in [0.1, 0.15) is 5.54 Å². The zero-order chi connectivity index (χ0) is 28.9. The largest absolute Gasteiger partial charge is 0.335 e. The minimum atomic E-state index is -1.42. The Morgan fingerprint density at radius 1 is 1.07 bits per heavy atom. The van der Waals surface area contributed by atoms with Crippen LogP contribution < -0.4 is 4.90 Å². The van der Waals surface area contributed by atoms with Gasteiger partial charge in [0.15, 0.2) is 5.82 Å². The average Bonchev–Trinajstić information content (AvgIpc) is 3.69. The Bertz CT molecular complexity index is 1700. The van der Waals surface area contributed by atoms with Crippen LogP contribution in [0.3, 0.4) is 0 Å². The predicted octanol–water partition coefficient (Wildman–Crippen LogP) is 4.52. The monoisotopic (exact) mass is 585 g/mol. The Morgan fingerprint density at radius 3 is 2.41 bits per heavy atom. The van der Waals surface area contributed by atoms with Crippen LogP contribution in [-0.2, 0) is 4.79 Å². The van der Waals surface area contributed by atoms with Gasteiger partial charge in [0.25, 0.3) is 11.8 Å². The highest BCUT2D eigenvalue weighted by Crippen LogP contribution is 2.47. The SMILES string of the molecule is CN1C(=O)N(c2cc(Cl)cc(Cl)c2)C(=O)C12CN(C(=O)c1ccc(-n3cccn3)nc1)CC2c1ccc(C#N)cc1. The van der Waals surface area contributed by atoms with Crippen molar-refractivity contribution < 1.29 is 14.4 Å². The van der Waals surface area contributed by atoms with Gasteiger partial charge in [-0.2, -0.15) is 10.4 Å². The van der Waals surface area contributed by atoms with Crippen LogP contribution >= 0.6 is 23.2 Å². The molecule has 2 aromatic heterocycles. The van der Waals surface area contributed by atoms with Gasteiger partial charge >= 0.3 is 6.03 Å². The number of nitriles is 1. The minimum absolute atomic E-state index is 0.0523. The number of likely N-dealkylation sites (tertiary alicyclic amines) is 1. The summed E-state index contributed by atoms with van der Waals surface area (Å²) in [5.74, 6) is -0.873. The van der Waals surface area contributed by atoms with Gasteiger partial charge in [0.2, 0.25) is 0 Å². The number of likely N-dealkylation sites (N-methyl/N-ethyl adjacent to an activating group) is 1. The van der Waals surface area contributed by atoms with Gasteiger partial charge in [-0.1, -0.05) is 35.3 Å². The number of hydrogen-bond donors (Lipinski definition) is 0. The molecule has 4 amide bonds. The molecule has 4 aromatic rings. The molecule has 0 radical (unpaired) electrons. The number of nitrogens with zero attached hydrogens (tertiary/aromatic N) is 7. The molecular formula is C29H21Cl2N7O3. The molecule has 0 saturated carbocycles. The third kappa shape index (κ3) is 4.30. The summed E-state index contributed by atoms with van der Waals surface area (Å²) in [5.41, 5.74) is 0.315. The van der Waals surface area contributed by atoms with E-state index in [1.54, 1.807) is 71.5 Å². The topological polar surface area (TPSA) is 115 Å². The summed E-state index contributed by atoms with van der Waals surface area (Å²) in [7, 11) is 1.55. The Labute approximate surface area is 244 Å². The van der Waals surface area contributed by atoms with E-state index >= 15 is 0 Å². The fraction of sp³-hybridized carbons (Fsp3) is 0.172. The first-order chi connectivity index (χ1) is 19.7. The van der Waals surface area contributed by atoms with Crippen molar-refractivity contribution in [1.82, 2.24) is 24.6 Å². The maximum absolute atomic E-state index is 14.3. The van der Waals surface area contributed by atoms with Crippen LogP contribution in [-0.4, -0.2) is 68.1 Å². The summed E-state index contributed by atoms with van der Waals surface area (Å²) in [6.45, 7) is 0.0996. The van der Waals surface area contributed by atoms with Gasteiger partial charge in [0, 0.05) is 48.1 Å². The number of urea groups is 1. The molecule has 2 saturated heterocycles. The summed E-state index contributed by atoms with van der Waals surface area (Å²) in [6.07, 6.45) is 4.84. The lowest BCUT2D eigenvalue weighted by Crippen LogP contribution is -2.54. The van der Waals surface area contributed by atoms with Crippen molar-refractivity contribution in [3.8, 4) is 11.9 Å². The van der Waals surface area contributed by atoms with Gasteiger partial charge in [0.05, 0.1) is 29.4 Å². The number of hydrogen-bond acceptors (Lipinski definition) is 6. The van der Waals surface area contributed by atoms with Crippen molar-refractivity contribution in [2.24, 2.45) is 0 Å². The molecule has 4 heterocycles. The number of carbonyl (C=O) groups is 3. The molecule has 2 unspecified atom stereocenters. The third-order valence-corrected chi connectivity index (χ3v) is 8.07.